The number of alkyl halides is 1. The first-order valence-corrected chi connectivity index (χ1v) is 4.88. The summed E-state index contributed by atoms with van der Waals surface area (Å²) < 4.78 is 18.8. The number of para-hydroxylation sites is 1. The van der Waals surface area contributed by atoms with Gasteiger partial charge in [-0.15, -0.1) is 0 Å². The maximum Gasteiger partial charge on any atom is 0.142 e. The molecule has 1 aromatic rings. The van der Waals surface area contributed by atoms with Gasteiger partial charge in [0.1, 0.15) is 11.9 Å². The van der Waals surface area contributed by atoms with E-state index in [1.165, 1.54) is 0 Å². The topological polar surface area (TPSA) is 21.3 Å². The molecule has 1 aliphatic heterocycles. The van der Waals surface area contributed by atoms with Crippen LogP contribution in [0.3, 0.4) is 0 Å². The van der Waals surface area contributed by atoms with Gasteiger partial charge >= 0.3 is 0 Å². The van der Waals surface area contributed by atoms with E-state index in [0.717, 1.165) is 30.0 Å². The van der Waals surface area contributed by atoms with Crippen LogP contribution in [-0.2, 0) is 0 Å². The van der Waals surface area contributed by atoms with Crippen molar-refractivity contribution in [3.8, 4) is 5.75 Å². The van der Waals surface area contributed by atoms with E-state index >= 15 is 0 Å². The molecule has 1 aliphatic rings. The van der Waals surface area contributed by atoms with Gasteiger partial charge in [0.15, 0.2) is 0 Å². The zero-order valence-corrected chi connectivity index (χ0v) is 8.22. The summed E-state index contributed by atoms with van der Waals surface area (Å²) in [5, 5.41) is 3.21. The molecule has 1 heterocycles. The van der Waals surface area contributed by atoms with Gasteiger partial charge in [-0.25, -0.2) is 4.39 Å². The van der Waals surface area contributed by atoms with Crippen molar-refractivity contribution in [2.75, 3.05) is 19.0 Å². The van der Waals surface area contributed by atoms with Gasteiger partial charge < -0.3 is 10.1 Å². The van der Waals surface area contributed by atoms with E-state index < -0.39 is 6.17 Å². The molecule has 1 unspecified atom stereocenters. The summed E-state index contributed by atoms with van der Waals surface area (Å²) in [5.74, 6) is 0.729. The molecule has 0 radical (unpaired) electrons. The van der Waals surface area contributed by atoms with Gasteiger partial charge in [0.05, 0.1) is 12.8 Å². The molecule has 1 aromatic carbocycles. The number of anilines is 1. The maximum absolute atomic E-state index is 13.7. The number of rotatable bonds is 1. The van der Waals surface area contributed by atoms with Crippen LogP contribution in [0.5, 0.6) is 5.75 Å². The smallest absolute Gasteiger partial charge is 0.142 e. The summed E-state index contributed by atoms with van der Waals surface area (Å²) in [5.41, 5.74) is 1.54. The van der Waals surface area contributed by atoms with Crippen LogP contribution in [0.15, 0.2) is 18.2 Å². The molecule has 2 nitrogen and oxygen atoms in total. The molecule has 0 amide bonds. The van der Waals surface area contributed by atoms with Gasteiger partial charge in [0.25, 0.3) is 0 Å². The summed E-state index contributed by atoms with van der Waals surface area (Å²) in [6.07, 6.45) is 0.585. The number of methoxy groups -OCH3 is 1. The first-order valence-electron chi connectivity index (χ1n) is 4.88. The molecule has 2 rings (SSSR count). The lowest BCUT2D eigenvalue weighted by Crippen LogP contribution is -2.01. The largest absolute Gasteiger partial charge is 0.495 e. The molecule has 0 fully saturated rings. The molecular formula is C11H14FNO. The van der Waals surface area contributed by atoms with Crippen LogP contribution in [0, 0.1) is 0 Å². The third-order valence-electron chi connectivity index (χ3n) is 2.55. The molecule has 14 heavy (non-hydrogen) atoms. The molecule has 0 saturated heterocycles. The van der Waals surface area contributed by atoms with Gasteiger partial charge in [-0.3, -0.25) is 0 Å². The third kappa shape index (κ3) is 1.54. The fourth-order valence-corrected chi connectivity index (χ4v) is 1.82. The Morgan fingerprint density at radius 2 is 2.36 bits per heavy atom. The normalized spacial score (nSPS) is 20.6. The average Bonchev–Trinajstić information content (AvgIpc) is 2.41. The predicted octanol–water partition coefficient (Wildman–Crippen LogP) is 2.91. The summed E-state index contributed by atoms with van der Waals surface area (Å²) in [6, 6.07) is 5.50. The Morgan fingerprint density at radius 3 is 3.14 bits per heavy atom. The number of halogens is 1. The quantitative estimate of drug-likeness (QED) is 0.744. The highest BCUT2D eigenvalue weighted by atomic mass is 19.1. The molecule has 3 heteroatoms. The van der Waals surface area contributed by atoms with Crippen molar-refractivity contribution in [3.63, 3.8) is 0 Å². The van der Waals surface area contributed by atoms with Crippen LogP contribution in [0.25, 0.3) is 0 Å². The van der Waals surface area contributed by atoms with Crippen LogP contribution < -0.4 is 10.1 Å². The zero-order valence-electron chi connectivity index (χ0n) is 8.22. The lowest BCUT2D eigenvalue weighted by Gasteiger charge is -2.13. The standard InChI is InChI=1S/C11H14FNO/c1-14-10-6-2-4-8-9(12)5-3-7-13-11(8)10/h2,4,6,9,13H,3,5,7H2,1H3. The molecular weight excluding hydrogens is 181 g/mol. The van der Waals surface area contributed by atoms with Gasteiger partial charge in [-0.05, 0) is 18.9 Å². The van der Waals surface area contributed by atoms with Crippen molar-refractivity contribution in [1.82, 2.24) is 0 Å². The molecule has 0 spiro atoms. The van der Waals surface area contributed by atoms with E-state index in [-0.39, 0.29) is 0 Å². The molecule has 0 saturated carbocycles. The van der Waals surface area contributed by atoms with Crippen LogP contribution >= 0.6 is 0 Å². The highest BCUT2D eigenvalue weighted by Gasteiger charge is 2.19. The average molecular weight is 195 g/mol. The maximum atomic E-state index is 13.7. The van der Waals surface area contributed by atoms with Gasteiger partial charge in [-0.1, -0.05) is 12.1 Å². The number of ether oxygens (including phenoxy) is 1. The number of hydrogen-bond acceptors (Lipinski definition) is 2. The van der Waals surface area contributed by atoms with Crippen LogP contribution in [-0.4, -0.2) is 13.7 Å². The van der Waals surface area contributed by atoms with E-state index in [0.29, 0.717) is 6.42 Å². The zero-order chi connectivity index (χ0) is 9.97. The van der Waals surface area contributed by atoms with Gasteiger partial charge in [-0.2, -0.15) is 0 Å². The van der Waals surface area contributed by atoms with Crippen molar-refractivity contribution in [2.45, 2.75) is 19.0 Å². The van der Waals surface area contributed by atoms with Crippen molar-refractivity contribution in [3.05, 3.63) is 23.8 Å². The third-order valence-corrected chi connectivity index (χ3v) is 2.55. The van der Waals surface area contributed by atoms with E-state index in [1.54, 1.807) is 7.11 Å². The lowest BCUT2D eigenvalue weighted by atomic mass is 10.1. The second-order valence-corrected chi connectivity index (χ2v) is 3.46. The highest BCUT2D eigenvalue weighted by molar-refractivity contribution is 5.63. The number of nitrogens with one attached hydrogen (secondary N) is 1. The molecule has 0 bridgehead atoms. The molecule has 0 aromatic heterocycles. The van der Waals surface area contributed by atoms with E-state index in [2.05, 4.69) is 5.32 Å². The fourth-order valence-electron chi connectivity index (χ4n) is 1.82. The monoisotopic (exact) mass is 195 g/mol. The Kier molecular flexibility index (Phi) is 2.57. The van der Waals surface area contributed by atoms with Crippen molar-refractivity contribution >= 4 is 5.69 Å². The first-order chi connectivity index (χ1) is 6.83. The first kappa shape index (κ1) is 9.31. The number of hydrogen-bond donors (Lipinski definition) is 1. The second kappa shape index (κ2) is 3.86. The lowest BCUT2D eigenvalue weighted by molar-refractivity contribution is 0.323. The van der Waals surface area contributed by atoms with Crippen molar-refractivity contribution in [1.29, 1.82) is 0 Å². The fraction of sp³-hybridized carbons (Fsp3) is 0.455. The van der Waals surface area contributed by atoms with Crippen LogP contribution in [0.2, 0.25) is 0 Å². The Balaban J connectivity index is 2.46. The SMILES string of the molecule is COc1cccc2c1NCCCC2F. The minimum atomic E-state index is -0.866. The summed E-state index contributed by atoms with van der Waals surface area (Å²) in [4.78, 5) is 0. The number of fused-ring (bicyclic) bond motifs is 1. The Morgan fingerprint density at radius 1 is 1.50 bits per heavy atom. The summed E-state index contributed by atoms with van der Waals surface area (Å²) in [7, 11) is 1.61. The van der Waals surface area contributed by atoms with Crippen LogP contribution in [0.1, 0.15) is 24.6 Å². The molecule has 1 N–H and O–H groups in total. The Bertz CT molecular complexity index is 327. The van der Waals surface area contributed by atoms with E-state index in [9.17, 15) is 4.39 Å². The minimum Gasteiger partial charge on any atom is -0.495 e. The Labute approximate surface area is 83.1 Å². The van der Waals surface area contributed by atoms with Crippen molar-refractivity contribution < 1.29 is 9.13 Å². The van der Waals surface area contributed by atoms with Gasteiger partial charge in [0, 0.05) is 12.1 Å². The summed E-state index contributed by atoms with van der Waals surface area (Å²) >= 11 is 0. The number of benzene rings is 1. The molecule has 1 atom stereocenters. The van der Waals surface area contributed by atoms with E-state index in [4.69, 9.17) is 4.74 Å². The Hall–Kier alpha value is -1.25. The minimum absolute atomic E-state index is 0.590. The predicted molar refractivity (Wildman–Crippen MR) is 54.6 cm³/mol. The highest BCUT2D eigenvalue weighted by Crippen LogP contribution is 2.37. The summed E-state index contributed by atoms with van der Waals surface area (Å²) in [6.45, 7) is 0.813. The van der Waals surface area contributed by atoms with Crippen molar-refractivity contribution in [2.24, 2.45) is 0 Å². The van der Waals surface area contributed by atoms with E-state index in [1.807, 2.05) is 18.2 Å². The molecule has 76 valence electrons. The van der Waals surface area contributed by atoms with Crippen LogP contribution in [0.4, 0.5) is 10.1 Å². The van der Waals surface area contributed by atoms with Gasteiger partial charge in [0.2, 0.25) is 0 Å². The molecule has 0 aliphatic carbocycles. The second-order valence-electron chi connectivity index (χ2n) is 3.46.